The number of benzene rings is 1. The number of carbonyl (C=O) groups excluding carboxylic acids is 1. The molecular weight excluding hydrogens is 332 g/mol. The van der Waals surface area contributed by atoms with E-state index in [-0.39, 0.29) is 18.2 Å². The molecule has 2 N–H and O–H groups in total. The molecule has 8 heteroatoms. The second kappa shape index (κ2) is 7.76. The highest BCUT2D eigenvalue weighted by Crippen LogP contribution is 2.20. The summed E-state index contributed by atoms with van der Waals surface area (Å²) in [6.45, 7) is 2.15. The fraction of sp³-hybridized carbons (Fsp3) is 0.500. The fourth-order valence-electron chi connectivity index (χ4n) is 2.66. The third-order valence-corrected chi connectivity index (χ3v) is 5.47. The molecule has 0 unspecified atom stereocenters. The maximum atomic E-state index is 12.5. The smallest absolute Gasteiger partial charge is 0.326 e. The molecule has 1 amide bonds. The molecule has 0 aliphatic carbocycles. The van der Waals surface area contributed by atoms with Gasteiger partial charge in [-0.3, -0.25) is 4.79 Å². The third-order valence-electron chi connectivity index (χ3n) is 4.13. The first-order valence-corrected chi connectivity index (χ1v) is 9.59. The van der Waals surface area contributed by atoms with Gasteiger partial charge in [-0.25, -0.2) is 17.9 Å². The van der Waals surface area contributed by atoms with Crippen LogP contribution >= 0.6 is 0 Å². The van der Waals surface area contributed by atoms with Crippen molar-refractivity contribution in [3.8, 4) is 0 Å². The molecule has 1 saturated heterocycles. The van der Waals surface area contributed by atoms with E-state index in [4.69, 9.17) is 0 Å². The molecule has 1 atom stereocenters. The first-order valence-electron chi connectivity index (χ1n) is 7.94. The van der Waals surface area contributed by atoms with Gasteiger partial charge in [0.25, 0.3) is 5.91 Å². The van der Waals surface area contributed by atoms with Crippen LogP contribution in [0.3, 0.4) is 0 Å². The lowest BCUT2D eigenvalue weighted by atomic mass is 10.0. The molecule has 0 radical (unpaired) electrons. The molecule has 2 rings (SSSR count). The minimum absolute atomic E-state index is 0.00903. The standard InChI is InChI=1S/C16H22N2O5S/c1-2-24(22,23)17-11-12-6-8-13(9-7-12)15(19)18-10-4-3-5-14(18)16(20)21/h6-9,14,17H,2-5,10-11H2,1H3,(H,20,21)/t14-/m1/s1. The van der Waals surface area contributed by atoms with Crippen molar-refractivity contribution in [3.05, 3.63) is 35.4 Å². The lowest BCUT2D eigenvalue weighted by Gasteiger charge is -2.33. The zero-order valence-corrected chi connectivity index (χ0v) is 14.4. The second-order valence-corrected chi connectivity index (χ2v) is 7.87. The Bertz CT molecular complexity index is 700. The maximum Gasteiger partial charge on any atom is 0.326 e. The normalized spacial score (nSPS) is 18.4. The molecule has 24 heavy (non-hydrogen) atoms. The molecule has 7 nitrogen and oxygen atoms in total. The molecule has 1 aromatic carbocycles. The quantitative estimate of drug-likeness (QED) is 0.799. The van der Waals surface area contributed by atoms with Crippen molar-refractivity contribution in [1.29, 1.82) is 0 Å². The fourth-order valence-corrected chi connectivity index (χ4v) is 3.25. The Labute approximate surface area is 141 Å². The highest BCUT2D eigenvalue weighted by molar-refractivity contribution is 7.89. The Hall–Kier alpha value is -1.93. The molecule has 132 valence electrons. The van der Waals surface area contributed by atoms with Crippen molar-refractivity contribution in [2.24, 2.45) is 0 Å². The predicted octanol–water partition coefficient (Wildman–Crippen LogP) is 1.21. The van der Waals surface area contributed by atoms with Gasteiger partial charge in [0.2, 0.25) is 10.0 Å². The van der Waals surface area contributed by atoms with Gasteiger partial charge in [-0.15, -0.1) is 0 Å². The van der Waals surface area contributed by atoms with Gasteiger partial charge in [-0.2, -0.15) is 0 Å². The van der Waals surface area contributed by atoms with E-state index in [1.54, 1.807) is 31.2 Å². The van der Waals surface area contributed by atoms with Gasteiger partial charge in [0.05, 0.1) is 5.75 Å². The van der Waals surface area contributed by atoms with E-state index >= 15 is 0 Å². The number of carboxylic acids is 1. The summed E-state index contributed by atoms with van der Waals surface area (Å²) >= 11 is 0. The summed E-state index contributed by atoms with van der Waals surface area (Å²) in [6.07, 6.45) is 2.07. The molecule has 1 heterocycles. The van der Waals surface area contributed by atoms with Gasteiger partial charge in [-0.1, -0.05) is 12.1 Å². The molecule has 0 spiro atoms. The molecule has 1 aliphatic rings. The first-order chi connectivity index (χ1) is 11.3. The van der Waals surface area contributed by atoms with Crippen LogP contribution in [-0.4, -0.2) is 48.6 Å². The van der Waals surface area contributed by atoms with Crippen molar-refractivity contribution in [2.75, 3.05) is 12.3 Å². The number of sulfonamides is 1. The van der Waals surface area contributed by atoms with Gasteiger partial charge in [-0.05, 0) is 43.9 Å². The lowest BCUT2D eigenvalue weighted by molar-refractivity contribution is -0.143. The average Bonchev–Trinajstić information content (AvgIpc) is 2.60. The van der Waals surface area contributed by atoms with E-state index in [1.807, 2.05) is 0 Å². The van der Waals surface area contributed by atoms with Crippen LogP contribution < -0.4 is 4.72 Å². The van der Waals surface area contributed by atoms with Gasteiger partial charge < -0.3 is 10.0 Å². The Morgan fingerprint density at radius 2 is 1.92 bits per heavy atom. The van der Waals surface area contributed by atoms with E-state index in [9.17, 15) is 23.1 Å². The summed E-state index contributed by atoms with van der Waals surface area (Å²) < 4.78 is 25.3. The van der Waals surface area contributed by atoms with Crippen LogP contribution in [0, 0.1) is 0 Å². The Morgan fingerprint density at radius 3 is 2.50 bits per heavy atom. The summed E-state index contributed by atoms with van der Waals surface area (Å²) in [6, 6.07) is 5.77. The van der Waals surface area contributed by atoms with E-state index in [0.717, 1.165) is 18.4 Å². The number of nitrogens with zero attached hydrogens (tertiary/aromatic N) is 1. The number of aliphatic carboxylic acids is 1. The first kappa shape index (κ1) is 18.4. The van der Waals surface area contributed by atoms with Crippen LogP contribution in [0.2, 0.25) is 0 Å². The minimum Gasteiger partial charge on any atom is -0.480 e. The SMILES string of the molecule is CCS(=O)(=O)NCc1ccc(C(=O)N2CCCC[C@@H]2C(=O)O)cc1. The molecular formula is C16H22N2O5S. The van der Waals surface area contributed by atoms with Crippen LogP contribution in [0.1, 0.15) is 42.1 Å². The zero-order valence-electron chi connectivity index (χ0n) is 13.6. The van der Waals surface area contributed by atoms with Crippen LogP contribution in [0.15, 0.2) is 24.3 Å². The summed E-state index contributed by atoms with van der Waals surface area (Å²) in [7, 11) is -3.27. The number of amides is 1. The van der Waals surface area contributed by atoms with Crippen molar-refractivity contribution >= 4 is 21.9 Å². The second-order valence-electron chi connectivity index (χ2n) is 5.77. The number of rotatable bonds is 6. The number of carboxylic acid groups (broad SMARTS) is 1. The molecule has 0 aromatic heterocycles. The van der Waals surface area contributed by atoms with E-state index in [0.29, 0.717) is 18.5 Å². The number of hydrogen-bond acceptors (Lipinski definition) is 4. The van der Waals surface area contributed by atoms with Gasteiger partial charge >= 0.3 is 5.97 Å². The van der Waals surface area contributed by atoms with Crippen LogP contribution in [-0.2, 0) is 21.4 Å². The Morgan fingerprint density at radius 1 is 1.25 bits per heavy atom. The topological polar surface area (TPSA) is 104 Å². The minimum atomic E-state index is -3.27. The molecule has 0 saturated carbocycles. The number of carbonyl (C=O) groups is 2. The van der Waals surface area contributed by atoms with Gasteiger partial charge in [0, 0.05) is 18.7 Å². The Kier molecular flexibility index (Phi) is 5.95. The van der Waals surface area contributed by atoms with Gasteiger partial charge in [0.1, 0.15) is 6.04 Å². The maximum absolute atomic E-state index is 12.5. The highest BCUT2D eigenvalue weighted by atomic mass is 32.2. The largest absolute Gasteiger partial charge is 0.480 e. The highest BCUT2D eigenvalue weighted by Gasteiger charge is 2.32. The van der Waals surface area contributed by atoms with Crippen molar-refractivity contribution in [1.82, 2.24) is 9.62 Å². The Balaban J connectivity index is 2.06. The van der Waals surface area contributed by atoms with E-state index in [2.05, 4.69) is 4.72 Å². The lowest BCUT2D eigenvalue weighted by Crippen LogP contribution is -2.47. The van der Waals surface area contributed by atoms with Crippen LogP contribution in [0.4, 0.5) is 0 Å². The molecule has 1 aliphatic heterocycles. The third kappa shape index (κ3) is 4.55. The van der Waals surface area contributed by atoms with Crippen LogP contribution in [0.5, 0.6) is 0 Å². The van der Waals surface area contributed by atoms with E-state index < -0.39 is 22.0 Å². The van der Waals surface area contributed by atoms with Crippen molar-refractivity contribution in [2.45, 2.75) is 38.8 Å². The number of piperidine rings is 1. The number of likely N-dealkylation sites (tertiary alicyclic amines) is 1. The molecule has 1 fully saturated rings. The molecule has 1 aromatic rings. The van der Waals surface area contributed by atoms with Crippen molar-refractivity contribution < 1.29 is 23.1 Å². The monoisotopic (exact) mass is 354 g/mol. The summed E-state index contributed by atoms with van der Waals surface area (Å²) in [5.41, 5.74) is 1.14. The van der Waals surface area contributed by atoms with E-state index in [1.165, 1.54) is 4.90 Å². The number of hydrogen-bond donors (Lipinski definition) is 2. The van der Waals surface area contributed by atoms with Crippen molar-refractivity contribution in [3.63, 3.8) is 0 Å². The van der Waals surface area contributed by atoms with Crippen LogP contribution in [0.25, 0.3) is 0 Å². The predicted molar refractivity (Wildman–Crippen MR) is 89.1 cm³/mol. The van der Waals surface area contributed by atoms with Gasteiger partial charge in [0.15, 0.2) is 0 Å². The average molecular weight is 354 g/mol. The summed E-state index contributed by atoms with van der Waals surface area (Å²) in [4.78, 5) is 25.2. The molecule has 0 bridgehead atoms. The summed E-state index contributed by atoms with van der Waals surface area (Å²) in [5.74, 6) is -1.27. The zero-order chi connectivity index (χ0) is 17.7. The summed E-state index contributed by atoms with van der Waals surface area (Å²) in [5, 5.41) is 9.26. The number of nitrogens with one attached hydrogen (secondary N) is 1.